The molecule has 2 aliphatic heterocycles. The van der Waals surface area contributed by atoms with Crippen LogP contribution in [-0.2, 0) is 11.2 Å². The van der Waals surface area contributed by atoms with Gasteiger partial charge in [0.05, 0.1) is 11.5 Å². The molecule has 2 fully saturated rings. The minimum atomic E-state index is -0.401. The molecule has 4 nitrogen and oxygen atoms in total. The van der Waals surface area contributed by atoms with E-state index < -0.39 is 5.41 Å². The summed E-state index contributed by atoms with van der Waals surface area (Å²) in [6.07, 6.45) is 2.38. The molecule has 1 amide bonds. The molecule has 0 aromatic heterocycles. The minimum absolute atomic E-state index is 0.220. The van der Waals surface area contributed by atoms with Gasteiger partial charge in [-0.1, -0.05) is 42.5 Å². The van der Waals surface area contributed by atoms with Gasteiger partial charge in [0.1, 0.15) is 5.82 Å². The van der Waals surface area contributed by atoms with Crippen LogP contribution in [0.3, 0.4) is 0 Å². The molecule has 0 spiro atoms. The predicted octanol–water partition coefficient (Wildman–Crippen LogP) is 3.60. The van der Waals surface area contributed by atoms with Gasteiger partial charge in [-0.2, -0.15) is 0 Å². The minimum Gasteiger partial charge on any atom is -0.339 e. The number of benzene rings is 2. The Morgan fingerprint density at radius 3 is 2.30 bits per heavy atom. The molecule has 0 saturated carbocycles. The van der Waals surface area contributed by atoms with Gasteiger partial charge in [0, 0.05) is 19.6 Å². The predicted molar refractivity (Wildman–Crippen MR) is 118 cm³/mol. The van der Waals surface area contributed by atoms with Gasteiger partial charge in [-0.25, -0.2) is 4.39 Å². The summed E-state index contributed by atoms with van der Waals surface area (Å²) < 4.78 is 13.4. The lowest BCUT2D eigenvalue weighted by molar-refractivity contribution is -0.148. The van der Waals surface area contributed by atoms with Gasteiger partial charge in [0.25, 0.3) is 0 Å². The maximum absolute atomic E-state index is 14.0. The van der Waals surface area contributed by atoms with Crippen LogP contribution in [0.5, 0.6) is 0 Å². The number of piperazine rings is 1. The quantitative estimate of drug-likeness (QED) is 0.772. The molecule has 0 bridgehead atoms. The number of halogens is 1. The van der Waals surface area contributed by atoms with Gasteiger partial charge in [0.2, 0.25) is 5.91 Å². The Labute approximate surface area is 179 Å². The molecule has 2 aliphatic rings. The van der Waals surface area contributed by atoms with E-state index in [0.717, 1.165) is 51.1 Å². The Bertz CT molecular complexity index is 846. The second kappa shape index (κ2) is 8.86. The van der Waals surface area contributed by atoms with Crippen LogP contribution in [0, 0.1) is 11.2 Å². The standard InChI is InChI=1S/C25H32FN3O/c1-27-14-12-25(13-15-27,18-20-8-10-22(26)11-9-20)24(30)29-17-16-28(2)23(19-29)21-6-4-3-5-7-21/h3-11,23H,12-19H2,1-2H3. The van der Waals surface area contributed by atoms with Crippen molar-refractivity contribution in [2.24, 2.45) is 5.41 Å². The second-order valence-electron chi connectivity index (χ2n) is 9.05. The molecular formula is C25H32FN3O. The van der Waals surface area contributed by atoms with Crippen LogP contribution in [-0.4, -0.2) is 67.4 Å². The van der Waals surface area contributed by atoms with Gasteiger partial charge in [0.15, 0.2) is 0 Å². The van der Waals surface area contributed by atoms with E-state index in [1.165, 1.54) is 17.7 Å². The van der Waals surface area contributed by atoms with Crippen LogP contribution in [0.4, 0.5) is 4.39 Å². The molecule has 1 unspecified atom stereocenters. The molecule has 2 heterocycles. The van der Waals surface area contributed by atoms with Gasteiger partial charge in [-0.3, -0.25) is 9.69 Å². The number of carbonyl (C=O) groups excluding carboxylic acids is 1. The average Bonchev–Trinajstić information content (AvgIpc) is 2.77. The van der Waals surface area contributed by atoms with Gasteiger partial charge in [-0.05, 0) is 69.7 Å². The second-order valence-corrected chi connectivity index (χ2v) is 9.05. The van der Waals surface area contributed by atoms with Gasteiger partial charge in [-0.15, -0.1) is 0 Å². The zero-order chi connectivity index (χ0) is 21.1. The number of piperidine rings is 1. The first kappa shape index (κ1) is 21.0. The van der Waals surface area contributed by atoms with Gasteiger partial charge >= 0.3 is 0 Å². The van der Waals surface area contributed by atoms with Crippen molar-refractivity contribution in [3.05, 3.63) is 71.5 Å². The Morgan fingerprint density at radius 1 is 0.967 bits per heavy atom. The highest BCUT2D eigenvalue weighted by molar-refractivity contribution is 5.83. The Morgan fingerprint density at radius 2 is 1.63 bits per heavy atom. The summed E-state index contributed by atoms with van der Waals surface area (Å²) in [5.41, 5.74) is 1.90. The van der Waals surface area contributed by atoms with E-state index in [4.69, 9.17) is 0 Å². The highest BCUT2D eigenvalue weighted by Gasteiger charge is 2.44. The Kier molecular flexibility index (Phi) is 6.21. The van der Waals surface area contributed by atoms with Crippen LogP contribution < -0.4 is 0 Å². The largest absolute Gasteiger partial charge is 0.339 e. The summed E-state index contributed by atoms with van der Waals surface area (Å²) in [4.78, 5) is 20.7. The number of hydrogen-bond donors (Lipinski definition) is 0. The molecule has 30 heavy (non-hydrogen) atoms. The lowest BCUT2D eigenvalue weighted by atomic mass is 9.72. The van der Waals surface area contributed by atoms with Crippen molar-refractivity contribution in [3.63, 3.8) is 0 Å². The molecule has 1 atom stereocenters. The molecule has 160 valence electrons. The SMILES string of the molecule is CN1CCC(Cc2ccc(F)cc2)(C(=O)N2CCN(C)C(c3ccccc3)C2)CC1. The summed E-state index contributed by atoms with van der Waals surface area (Å²) in [6, 6.07) is 17.4. The van der Waals surface area contributed by atoms with Crippen LogP contribution >= 0.6 is 0 Å². The smallest absolute Gasteiger partial charge is 0.229 e. The number of likely N-dealkylation sites (tertiary alicyclic amines) is 1. The van der Waals surface area contributed by atoms with Crippen LogP contribution in [0.2, 0.25) is 0 Å². The fraction of sp³-hybridized carbons (Fsp3) is 0.480. The third-order valence-electron chi connectivity index (χ3n) is 6.97. The highest BCUT2D eigenvalue weighted by atomic mass is 19.1. The van der Waals surface area contributed by atoms with Crippen molar-refractivity contribution in [2.45, 2.75) is 25.3 Å². The first-order valence-electron chi connectivity index (χ1n) is 10.9. The van der Waals surface area contributed by atoms with Crippen LogP contribution in [0.15, 0.2) is 54.6 Å². The number of rotatable bonds is 4. The normalized spacial score (nSPS) is 22.8. The Hall–Kier alpha value is -2.24. The van der Waals surface area contributed by atoms with Crippen molar-refractivity contribution >= 4 is 5.91 Å². The van der Waals surface area contributed by atoms with Crippen LogP contribution in [0.25, 0.3) is 0 Å². The summed E-state index contributed by atoms with van der Waals surface area (Å²) in [5, 5.41) is 0. The lowest BCUT2D eigenvalue weighted by Gasteiger charge is -2.46. The maximum atomic E-state index is 14.0. The summed E-state index contributed by atoms with van der Waals surface area (Å²) in [5.74, 6) is 0.0428. The monoisotopic (exact) mass is 409 g/mol. The van der Waals surface area contributed by atoms with E-state index in [9.17, 15) is 9.18 Å². The molecule has 0 aliphatic carbocycles. The molecule has 4 rings (SSSR count). The van der Waals surface area contributed by atoms with E-state index >= 15 is 0 Å². The summed E-state index contributed by atoms with van der Waals surface area (Å²) >= 11 is 0. The van der Waals surface area contributed by atoms with Crippen molar-refractivity contribution in [2.75, 3.05) is 46.8 Å². The topological polar surface area (TPSA) is 26.8 Å². The van der Waals surface area contributed by atoms with Crippen LogP contribution in [0.1, 0.15) is 30.0 Å². The summed E-state index contributed by atoms with van der Waals surface area (Å²) in [7, 11) is 4.26. The van der Waals surface area contributed by atoms with E-state index in [1.807, 2.05) is 18.2 Å². The highest BCUT2D eigenvalue weighted by Crippen LogP contribution is 2.38. The Balaban J connectivity index is 1.57. The number of hydrogen-bond acceptors (Lipinski definition) is 3. The van der Waals surface area contributed by atoms with Crippen molar-refractivity contribution in [1.29, 1.82) is 0 Å². The fourth-order valence-electron chi connectivity index (χ4n) is 4.93. The molecule has 2 aromatic rings. The molecule has 2 saturated heterocycles. The van der Waals surface area contributed by atoms with Crippen molar-refractivity contribution in [3.8, 4) is 0 Å². The zero-order valence-electron chi connectivity index (χ0n) is 18.1. The van der Waals surface area contributed by atoms with E-state index in [0.29, 0.717) is 6.42 Å². The molecular weight excluding hydrogens is 377 g/mol. The third-order valence-corrected chi connectivity index (χ3v) is 6.97. The number of amides is 1. The molecule has 0 radical (unpaired) electrons. The number of likely N-dealkylation sites (N-methyl/N-ethyl adjacent to an activating group) is 1. The summed E-state index contributed by atoms with van der Waals surface area (Å²) in [6.45, 7) is 4.20. The van der Waals surface area contributed by atoms with Crippen molar-refractivity contribution < 1.29 is 9.18 Å². The fourth-order valence-corrected chi connectivity index (χ4v) is 4.93. The van der Waals surface area contributed by atoms with E-state index in [2.05, 4.69) is 53.1 Å². The number of nitrogens with zero attached hydrogens (tertiary/aromatic N) is 3. The van der Waals surface area contributed by atoms with E-state index in [1.54, 1.807) is 0 Å². The molecule has 5 heteroatoms. The van der Waals surface area contributed by atoms with Gasteiger partial charge < -0.3 is 9.80 Å². The lowest BCUT2D eigenvalue weighted by Crippen LogP contribution is -2.56. The zero-order valence-corrected chi connectivity index (χ0v) is 18.1. The third kappa shape index (κ3) is 4.42. The van der Waals surface area contributed by atoms with Crippen molar-refractivity contribution in [1.82, 2.24) is 14.7 Å². The molecule has 2 aromatic carbocycles. The van der Waals surface area contributed by atoms with E-state index in [-0.39, 0.29) is 17.8 Å². The molecule has 0 N–H and O–H groups in total. The number of carbonyl (C=O) groups is 1. The average molecular weight is 410 g/mol. The first-order chi connectivity index (χ1) is 14.5. The first-order valence-corrected chi connectivity index (χ1v) is 10.9. The maximum Gasteiger partial charge on any atom is 0.229 e.